The number of ether oxygens (including phenoxy) is 4. The smallest absolute Gasteiger partial charge is 0.373 e. The Kier molecular flexibility index (Phi) is 8.49. The number of alkyl halides is 8. The summed E-state index contributed by atoms with van der Waals surface area (Å²) in [6, 6.07) is 0. The largest absolute Gasteiger partial charge is 0.380 e. The molecule has 190 valence electrons. The van der Waals surface area contributed by atoms with Gasteiger partial charge in [-0.2, -0.15) is 35.1 Å². The van der Waals surface area contributed by atoms with Crippen LogP contribution in [0.25, 0.3) is 0 Å². The van der Waals surface area contributed by atoms with Crippen molar-refractivity contribution in [3.63, 3.8) is 0 Å². The lowest BCUT2D eigenvalue weighted by molar-refractivity contribution is -0.378. The fraction of sp³-hybridized carbons (Fsp3) is 1.00. The minimum absolute atomic E-state index is 0.213. The van der Waals surface area contributed by atoms with Gasteiger partial charge >= 0.3 is 23.7 Å². The molecule has 0 N–H and O–H groups in total. The van der Waals surface area contributed by atoms with E-state index in [0.29, 0.717) is 38.5 Å². The minimum atomic E-state index is -6.39. The molecule has 2 aliphatic rings. The number of halogens is 8. The van der Waals surface area contributed by atoms with Crippen LogP contribution in [0.1, 0.15) is 52.4 Å². The summed E-state index contributed by atoms with van der Waals surface area (Å²) in [5, 5.41) is 0. The van der Waals surface area contributed by atoms with E-state index in [0.717, 1.165) is 0 Å². The molecule has 0 radical (unpaired) electrons. The normalized spacial score (nSPS) is 21.2. The summed E-state index contributed by atoms with van der Waals surface area (Å²) < 4.78 is 132. The van der Waals surface area contributed by atoms with E-state index < -0.39 is 61.3 Å². The van der Waals surface area contributed by atoms with E-state index in [1.807, 2.05) is 0 Å². The molecule has 2 saturated carbocycles. The molecule has 0 aromatic rings. The Balaban J connectivity index is 1.98. The van der Waals surface area contributed by atoms with Gasteiger partial charge in [-0.25, -0.2) is 0 Å². The number of hydrogen-bond donors (Lipinski definition) is 0. The van der Waals surface area contributed by atoms with Gasteiger partial charge in [-0.15, -0.1) is 0 Å². The average Bonchev–Trinajstić information content (AvgIpc) is 2.63. The maximum Gasteiger partial charge on any atom is 0.380 e. The highest BCUT2D eigenvalue weighted by Gasteiger charge is 2.80. The van der Waals surface area contributed by atoms with E-state index in [1.54, 1.807) is 13.8 Å². The highest BCUT2D eigenvalue weighted by molar-refractivity contribution is 5.04. The Bertz CT molecular complexity index is 554. The predicted molar refractivity (Wildman–Crippen MR) is 97.8 cm³/mol. The van der Waals surface area contributed by atoms with Gasteiger partial charge < -0.3 is 18.9 Å². The lowest BCUT2D eigenvalue weighted by atomic mass is 9.80. The average molecular weight is 486 g/mol. The molecule has 2 aliphatic carbocycles. The first-order valence-electron chi connectivity index (χ1n) is 10.6. The van der Waals surface area contributed by atoms with Gasteiger partial charge in [0.25, 0.3) is 0 Å². The fourth-order valence-electron chi connectivity index (χ4n) is 3.79. The zero-order valence-corrected chi connectivity index (χ0v) is 18.1. The second-order valence-electron chi connectivity index (χ2n) is 8.48. The van der Waals surface area contributed by atoms with E-state index in [1.165, 1.54) is 0 Å². The monoisotopic (exact) mass is 486 g/mol. The Labute approximate surface area is 181 Å². The van der Waals surface area contributed by atoms with Gasteiger partial charge in [0.2, 0.25) is 0 Å². The SMILES string of the molecule is CCOC1(COCC(F)(F)C(F)(F)C(F)(F)C(F)(F)COCC2(OCC)CCC2)CCC1. The molecule has 0 aromatic carbocycles. The fourth-order valence-corrected chi connectivity index (χ4v) is 3.79. The Hall–Kier alpha value is -0.720. The number of rotatable bonds is 15. The van der Waals surface area contributed by atoms with Gasteiger partial charge in [0.15, 0.2) is 0 Å². The van der Waals surface area contributed by atoms with Crippen molar-refractivity contribution in [2.24, 2.45) is 0 Å². The summed E-state index contributed by atoms with van der Waals surface area (Å²) in [5.41, 5.74) is -1.89. The highest BCUT2D eigenvalue weighted by atomic mass is 19.4. The maximum atomic E-state index is 14.0. The van der Waals surface area contributed by atoms with E-state index in [9.17, 15) is 35.1 Å². The van der Waals surface area contributed by atoms with Gasteiger partial charge in [-0.05, 0) is 52.4 Å². The Morgan fingerprint density at radius 3 is 1.12 bits per heavy atom. The van der Waals surface area contributed by atoms with Crippen LogP contribution in [0, 0.1) is 0 Å². The van der Waals surface area contributed by atoms with Crippen LogP contribution in [-0.4, -0.2) is 74.5 Å². The van der Waals surface area contributed by atoms with Gasteiger partial charge in [-0.1, -0.05) is 0 Å². The van der Waals surface area contributed by atoms with Crippen LogP contribution in [0.3, 0.4) is 0 Å². The van der Waals surface area contributed by atoms with E-state index >= 15 is 0 Å². The zero-order valence-electron chi connectivity index (χ0n) is 18.1. The predicted octanol–water partition coefficient (Wildman–Crippen LogP) is 5.48. The van der Waals surface area contributed by atoms with Crippen molar-refractivity contribution in [3.8, 4) is 0 Å². The first-order chi connectivity index (χ1) is 14.7. The maximum absolute atomic E-state index is 14.0. The van der Waals surface area contributed by atoms with Crippen LogP contribution in [-0.2, 0) is 18.9 Å². The molecule has 0 saturated heterocycles. The molecule has 0 spiro atoms. The molecular formula is C20H30F8O4. The first-order valence-corrected chi connectivity index (χ1v) is 10.6. The lowest BCUT2D eigenvalue weighted by Gasteiger charge is -2.42. The van der Waals surface area contributed by atoms with Crippen molar-refractivity contribution in [1.82, 2.24) is 0 Å². The molecule has 4 nitrogen and oxygen atoms in total. The molecule has 0 aliphatic heterocycles. The third-order valence-corrected chi connectivity index (χ3v) is 6.04. The molecule has 2 fully saturated rings. The lowest BCUT2D eigenvalue weighted by Crippen LogP contribution is -2.65. The quantitative estimate of drug-likeness (QED) is 0.288. The molecular weight excluding hydrogens is 456 g/mol. The van der Waals surface area contributed by atoms with Crippen LogP contribution >= 0.6 is 0 Å². The van der Waals surface area contributed by atoms with Gasteiger partial charge in [0.05, 0.1) is 24.4 Å². The van der Waals surface area contributed by atoms with E-state index in [2.05, 4.69) is 9.47 Å². The summed E-state index contributed by atoms with van der Waals surface area (Å²) in [4.78, 5) is 0. The second-order valence-corrected chi connectivity index (χ2v) is 8.48. The van der Waals surface area contributed by atoms with Crippen molar-refractivity contribution < 1.29 is 54.1 Å². The number of hydrogen-bond acceptors (Lipinski definition) is 4. The van der Waals surface area contributed by atoms with Crippen molar-refractivity contribution in [3.05, 3.63) is 0 Å². The highest BCUT2D eigenvalue weighted by Crippen LogP contribution is 2.53. The summed E-state index contributed by atoms with van der Waals surface area (Å²) in [6.45, 7) is -1.68. The van der Waals surface area contributed by atoms with Crippen LogP contribution in [0.4, 0.5) is 35.1 Å². The molecule has 0 bridgehead atoms. The standard InChI is InChI=1S/C20H30F8O4/c1-3-31-15(7-5-8-15)11-29-13-17(21,22)19(25,26)20(27,28)18(23,24)14-30-12-16(32-4-2)9-6-10-16/h3-14H2,1-2H3. The van der Waals surface area contributed by atoms with Crippen LogP contribution in [0.15, 0.2) is 0 Å². The van der Waals surface area contributed by atoms with Crippen molar-refractivity contribution in [2.45, 2.75) is 87.3 Å². The van der Waals surface area contributed by atoms with Gasteiger partial charge in [0, 0.05) is 13.2 Å². The molecule has 0 atom stereocenters. The van der Waals surface area contributed by atoms with Gasteiger partial charge in [-0.3, -0.25) is 0 Å². The van der Waals surface area contributed by atoms with Crippen molar-refractivity contribution in [1.29, 1.82) is 0 Å². The Morgan fingerprint density at radius 1 is 0.594 bits per heavy atom. The minimum Gasteiger partial charge on any atom is -0.373 e. The molecule has 0 amide bonds. The molecule has 0 unspecified atom stereocenters. The Morgan fingerprint density at radius 2 is 0.906 bits per heavy atom. The van der Waals surface area contributed by atoms with Crippen LogP contribution in [0.2, 0.25) is 0 Å². The third kappa shape index (κ3) is 5.33. The van der Waals surface area contributed by atoms with Crippen molar-refractivity contribution >= 4 is 0 Å². The van der Waals surface area contributed by atoms with Crippen LogP contribution in [0.5, 0.6) is 0 Å². The third-order valence-electron chi connectivity index (χ3n) is 6.04. The van der Waals surface area contributed by atoms with Crippen molar-refractivity contribution in [2.75, 3.05) is 39.6 Å². The van der Waals surface area contributed by atoms with E-state index in [-0.39, 0.29) is 13.2 Å². The van der Waals surface area contributed by atoms with Gasteiger partial charge in [0.1, 0.15) is 13.2 Å². The molecule has 0 aromatic heterocycles. The molecule has 0 heterocycles. The second kappa shape index (κ2) is 9.87. The molecule has 2 rings (SSSR count). The first kappa shape index (κ1) is 27.5. The summed E-state index contributed by atoms with van der Waals surface area (Å²) in [5.74, 6) is -23.9. The summed E-state index contributed by atoms with van der Waals surface area (Å²) in [6.07, 6.45) is 3.11. The van der Waals surface area contributed by atoms with E-state index in [4.69, 9.17) is 9.47 Å². The topological polar surface area (TPSA) is 36.9 Å². The molecule has 12 heteroatoms. The van der Waals surface area contributed by atoms with Crippen LogP contribution < -0.4 is 0 Å². The zero-order chi connectivity index (χ0) is 24.3. The summed E-state index contributed by atoms with van der Waals surface area (Å²) in [7, 11) is 0. The summed E-state index contributed by atoms with van der Waals surface area (Å²) >= 11 is 0. The molecule has 32 heavy (non-hydrogen) atoms.